The van der Waals surface area contributed by atoms with Crippen molar-refractivity contribution in [3.63, 3.8) is 0 Å². The van der Waals surface area contributed by atoms with Crippen LogP contribution >= 0.6 is 22.7 Å². The SMILES string of the molecule is O=C(O)CCCCN1CCN(C(=O)c2cc3sccc3s2)CC1. The minimum Gasteiger partial charge on any atom is -0.481 e. The molecule has 2 aromatic rings. The highest BCUT2D eigenvalue weighted by Gasteiger charge is 2.23. The van der Waals surface area contributed by atoms with E-state index in [2.05, 4.69) is 16.3 Å². The van der Waals surface area contributed by atoms with Gasteiger partial charge in [-0.2, -0.15) is 0 Å². The second kappa shape index (κ2) is 7.42. The predicted octanol–water partition coefficient (Wildman–Crippen LogP) is 2.98. The van der Waals surface area contributed by atoms with Gasteiger partial charge in [-0.05, 0) is 36.9 Å². The molecule has 0 atom stereocenters. The first-order chi connectivity index (χ1) is 11.1. The third-order valence-electron chi connectivity index (χ3n) is 4.12. The smallest absolute Gasteiger partial charge is 0.303 e. The van der Waals surface area contributed by atoms with Gasteiger partial charge < -0.3 is 10.0 Å². The lowest BCUT2D eigenvalue weighted by Crippen LogP contribution is -2.48. The number of carboxylic acid groups (broad SMARTS) is 1. The van der Waals surface area contributed by atoms with Gasteiger partial charge in [0.15, 0.2) is 0 Å². The number of fused-ring (bicyclic) bond motifs is 1. The van der Waals surface area contributed by atoms with Crippen molar-refractivity contribution >= 4 is 43.9 Å². The number of rotatable bonds is 6. The van der Waals surface area contributed by atoms with Gasteiger partial charge >= 0.3 is 5.97 Å². The van der Waals surface area contributed by atoms with Crippen LogP contribution in [-0.4, -0.2) is 59.5 Å². The van der Waals surface area contributed by atoms with Crippen molar-refractivity contribution in [3.8, 4) is 0 Å². The van der Waals surface area contributed by atoms with Crippen molar-refractivity contribution in [2.24, 2.45) is 0 Å². The number of carboxylic acids is 1. The highest BCUT2D eigenvalue weighted by Crippen LogP contribution is 2.30. The molecule has 23 heavy (non-hydrogen) atoms. The van der Waals surface area contributed by atoms with E-state index in [0.29, 0.717) is 0 Å². The zero-order valence-corrected chi connectivity index (χ0v) is 14.5. The van der Waals surface area contributed by atoms with Gasteiger partial charge in [0, 0.05) is 42.0 Å². The summed E-state index contributed by atoms with van der Waals surface area (Å²) in [5.74, 6) is -0.583. The van der Waals surface area contributed by atoms with Crippen LogP contribution in [-0.2, 0) is 4.79 Å². The number of amides is 1. The summed E-state index contributed by atoms with van der Waals surface area (Å²) in [6, 6.07) is 4.07. The van der Waals surface area contributed by atoms with Gasteiger partial charge in [0.1, 0.15) is 0 Å². The van der Waals surface area contributed by atoms with Crippen LogP contribution in [0.15, 0.2) is 17.5 Å². The summed E-state index contributed by atoms with van der Waals surface area (Å²) in [4.78, 5) is 28.1. The van der Waals surface area contributed by atoms with Gasteiger partial charge in [0.2, 0.25) is 0 Å². The Morgan fingerprint density at radius 3 is 2.61 bits per heavy atom. The standard InChI is InChI=1S/C16H20N2O3S2/c19-15(20)3-1-2-5-17-6-8-18(9-7-17)16(21)14-11-13-12(23-14)4-10-22-13/h4,10-11H,1-3,5-9H2,(H,19,20). The minimum atomic E-state index is -0.726. The molecule has 0 spiro atoms. The van der Waals surface area contributed by atoms with Crippen LogP contribution in [0.5, 0.6) is 0 Å². The topological polar surface area (TPSA) is 60.9 Å². The lowest BCUT2D eigenvalue weighted by Gasteiger charge is -2.34. The van der Waals surface area contributed by atoms with Gasteiger partial charge in [0.25, 0.3) is 5.91 Å². The second-order valence-corrected chi connectivity index (χ2v) is 7.78. The number of hydrogen-bond donors (Lipinski definition) is 1. The van der Waals surface area contributed by atoms with Crippen LogP contribution in [0.2, 0.25) is 0 Å². The first kappa shape index (κ1) is 16.4. The molecule has 0 saturated carbocycles. The first-order valence-electron chi connectivity index (χ1n) is 7.84. The fourth-order valence-electron chi connectivity index (χ4n) is 2.81. The Labute approximate surface area is 143 Å². The Morgan fingerprint density at radius 1 is 1.13 bits per heavy atom. The molecule has 1 amide bonds. The third-order valence-corrected chi connectivity index (χ3v) is 6.21. The number of nitrogens with zero attached hydrogens (tertiary/aromatic N) is 2. The lowest BCUT2D eigenvalue weighted by molar-refractivity contribution is -0.137. The number of unbranched alkanes of at least 4 members (excludes halogenated alkanes) is 1. The van der Waals surface area contributed by atoms with E-state index in [-0.39, 0.29) is 12.3 Å². The Bertz CT molecular complexity index is 658. The van der Waals surface area contributed by atoms with Crippen LogP contribution < -0.4 is 0 Å². The Hall–Kier alpha value is -1.44. The average molecular weight is 352 g/mol. The van der Waals surface area contributed by atoms with E-state index in [1.807, 2.05) is 11.0 Å². The van der Waals surface area contributed by atoms with Crippen LogP contribution in [0.25, 0.3) is 9.40 Å². The number of thiophene rings is 2. The Balaban J connectivity index is 1.46. The quantitative estimate of drug-likeness (QED) is 0.812. The number of carbonyl (C=O) groups is 2. The highest BCUT2D eigenvalue weighted by molar-refractivity contribution is 7.27. The normalized spacial score (nSPS) is 16.1. The number of piperazine rings is 1. The molecule has 1 N–H and O–H groups in total. The number of aliphatic carboxylic acids is 1. The van der Waals surface area contributed by atoms with Gasteiger partial charge in [-0.15, -0.1) is 22.7 Å². The van der Waals surface area contributed by atoms with Crippen molar-refractivity contribution in [2.75, 3.05) is 32.7 Å². The lowest BCUT2D eigenvalue weighted by atomic mass is 10.2. The van der Waals surface area contributed by atoms with Crippen LogP contribution in [0, 0.1) is 0 Å². The molecule has 1 fully saturated rings. The summed E-state index contributed by atoms with van der Waals surface area (Å²) in [6.07, 6.45) is 1.87. The summed E-state index contributed by atoms with van der Waals surface area (Å²) in [5, 5.41) is 10.7. The molecule has 2 aromatic heterocycles. The molecule has 1 aliphatic rings. The molecule has 0 unspecified atom stereocenters. The number of hydrogen-bond acceptors (Lipinski definition) is 5. The molecule has 7 heteroatoms. The van der Waals surface area contributed by atoms with Gasteiger partial charge in [-0.1, -0.05) is 0 Å². The summed E-state index contributed by atoms with van der Waals surface area (Å²) >= 11 is 3.25. The third kappa shape index (κ3) is 4.10. The van der Waals surface area contributed by atoms with E-state index in [9.17, 15) is 9.59 Å². The molecule has 1 aliphatic heterocycles. The molecule has 0 bridgehead atoms. The second-order valence-electron chi connectivity index (χ2n) is 5.74. The zero-order valence-electron chi connectivity index (χ0n) is 12.9. The van der Waals surface area contributed by atoms with Crippen molar-refractivity contribution < 1.29 is 14.7 Å². The summed E-state index contributed by atoms with van der Waals surface area (Å²) in [5.41, 5.74) is 0. The largest absolute Gasteiger partial charge is 0.481 e. The fraction of sp³-hybridized carbons (Fsp3) is 0.500. The van der Waals surface area contributed by atoms with E-state index in [0.717, 1.165) is 50.4 Å². The zero-order chi connectivity index (χ0) is 16.2. The van der Waals surface area contributed by atoms with Gasteiger partial charge in [0.05, 0.1) is 4.88 Å². The van der Waals surface area contributed by atoms with Crippen LogP contribution in [0.1, 0.15) is 28.9 Å². The van der Waals surface area contributed by atoms with E-state index in [4.69, 9.17) is 5.11 Å². The minimum absolute atomic E-state index is 0.143. The van der Waals surface area contributed by atoms with Gasteiger partial charge in [-0.3, -0.25) is 14.5 Å². The summed E-state index contributed by atoms with van der Waals surface area (Å²) < 4.78 is 2.38. The van der Waals surface area contributed by atoms with Gasteiger partial charge in [-0.25, -0.2) is 0 Å². The average Bonchev–Trinajstić information content (AvgIpc) is 3.13. The molecule has 0 aliphatic carbocycles. The fourth-order valence-corrected chi connectivity index (χ4v) is 4.89. The van der Waals surface area contributed by atoms with E-state index in [1.54, 1.807) is 22.7 Å². The maximum Gasteiger partial charge on any atom is 0.303 e. The van der Waals surface area contributed by atoms with E-state index < -0.39 is 5.97 Å². The molecule has 124 valence electrons. The molecular weight excluding hydrogens is 332 g/mol. The van der Waals surface area contributed by atoms with Crippen molar-refractivity contribution in [1.29, 1.82) is 0 Å². The number of carbonyl (C=O) groups excluding carboxylic acids is 1. The highest BCUT2D eigenvalue weighted by atomic mass is 32.1. The van der Waals surface area contributed by atoms with Crippen molar-refractivity contribution in [2.45, 2.75) is 19.3 Å². The van der Waals surface area contributed by atoms with E-state index in [1.165, 1.54) is 9.40 Å². The van der Waals surface area contributed by atoms with Crippen LogP contribution in [0.3, 0.4) is 0 Å². The monoisotopic (exact) mass is 352 g/mol. The van der Waals surface area contributed by atoms with E-state index >= 15 is 0 Å². The van der Waals surface area contributed by atoms with Crippen molar-refractivity contribution in [3.05, 3.63) is 22.4 Å². The molecule has 1 saturated heterocycles. The maximum absolute atomic E-state index is 12.6. The Kier molecular flexibility index (Phi) is 5.30. The maximum atomic E-state index is 12.6. The predicted molar refractivity (Wildman–Crippen MR) is 93.5 cm³/mol. The molecule has 3 rings (SSSR count). The molecule has 3 heterocycles. The molecular formula is C16H20N2O3S2. The van der Waals surface area contributed by atoms with Crippen molar-refractivity contribution in [1.82, 2.24) is 9.80 Å². The summed E-state index contributed by atoms with van der Waals surface area (Å²) in [6.45, 7) is 4.17. The molecule has 0 aromatic carbocycles. The summed E-state index contributed by atoms with van der Waals surface area (Å²) in [7, 11) is 0. The molecule has 5 nitrogen and oxygen atoms in total. The Morgan fingerprint density at radius 2 is 1.91 bits per heavy atom. The van der Waals surface area contributed by atoms with Crippen LogP contribution in [0.4, 0.5) is 0 Å². The first-order valence-corrected chi connectivity index (χ1v) is 9.53. The molecule has 0 radical (unpaired) electrons.